The summed E-state index contributed by atoms with van der Waals surface area (Å²) >= 11 is 0. The van der Waals surface area contributed by atoms with E-state index in [1.54, 1.807) is 0 Å². The lowest BCUT2D eigenvalue weighted by Gasteiger charge is -2.21. The molecule has 0 radical (unpaired) electrons. The van der Waals surface area contributed by atoms with E-state index in [0.717, 1.165) is 114 Å². The monoisotopic (exact) mass is 1550 g/mol. The van der Waals surface area contributed by atoms with Crippen LogP contribution in [0.3, 0.4) is 0 Å². The Kier molecular flexibility index (Phi) is 74.3. The molecule has 3 N–H and O–H groups in total. The molecule has 0 aliphatic heterocycles. The average Bonchev–Trinajstić information content (AvgIpc) is 0.900. The van der Waals surface area contributed by atoms with Crippen molar-refractivity contribution in [2.24, 2.45) is 23.7 Å². The third kappa shape index (κ3) is 78.7. The van der Waals surface area contributed by atoms with Gasteiger partial charge in [-0.25, -0.2) is 9.13 Å². The Balaban J connectivity index is 5.18. The van der Waals surface area contributed by atoms with E-state index in [-0.39, 0.29) is 25.7 Å². The normalized spacial score (nSPS) is 14.2. The molecule has 0 aliphatic carbocycles. The Morgan fingerprint density at radius 3 is 0.670 bits per heavy atom. The van der Waals surface area contributed by atoms with E-state index in [9.17, 15) is 43.2 Å². The minimum absolute atomic E-state index is 0.107. The van der Waals surface area contributed by atoms with Crippen LogP contribution in [0, 0.1) is 23.7 Å². The van der Waals surface area contributed by atoms with Gasteiger partial charge in [-0.05, 0) is 49.4 Å². The second kappa shape index (κ2) is 75.7. The van der Waals surface area contributed by atoms with Crippen molar-refractivity contribution in [3.05, 3.63) is 0 Å². The number of esters is 4. The van der Waals surface area contributed by atoms with Gasteiger partial charge in [-0.2, -0.15) is 0 Å². The highest BCUT2D eigenvalue weighted by atomic mass is 31.2. The van der Waals surface area contributed by atoms with Gasteiger partial charge in [0.05, 0.1) is 26.4 Å². The smallest absolute Gasteiger partial charge is 0.462 e. The van der Waals surface area contributed by atoms with Gasteiger partial charge in [0.25, 0.3) is 0 Å². The molecule has 17 nitrogen and oxygen atoms in total. The number of hydrogen-bond donors (Lipinski definition) is 3. The highest BCUT2D eigenvalue weighted by molar-refractivity contribution is 7.47. The molecular formula is C87H170O17P2. The molecule has 0 aromatic rings. The first-order valence-corrected chi connectivity index (χ1v) is 47.7. The van der Waals surface area contributed by atoms with Crippen molar-refractivity contribution in [3.8, 4) is 0 Å². The van der Waals surface area contributed by atoms with Crippen LogP contribution < -0.4 is 0 Å². The summed E-state index contributed by atoms with van der Waals surface area (Å²) in [5.41, 5.74) is 0. The molecule has 0 fully saturated rings. The molecule has 0 saturated heterocycles. The Morgan fingerprint density at radius 2 is 0.453 bits per heavy atom. The number of carbonyl (C=O) groups excluding carboxylic acids is 4. The number of hydrogen-bond acceptors (Lipinski definition) is 15. The molecule has 106 heavy (non-hydrogen) atoms. The Bertz CT molecular complexity index is 2060. The average molecular weight is 1550 g/mol. The van der Waals surface area contributed by atoms with Gasteiger partial charge in [-0.15, -0.1) is 0 Å². The molecule has 19 heteroatoms. The summed E-state index contributed by atoms with van der Waals surface area (Å²) in [4.78, 5) is 73.2. The number of aliphatic hydroxyl groups is 1. The van der Waals surface area contributed by atoms with Crippen molar-refractivity contribution in [2.45, 2.75) is 472 Å². The van der Waals surface area contributed by atoms with Crippen LogP contribution in [0.2, 0.25) is 0 Å². The maximum atomic E-state index is 13.1. The maximum Gasteiger partial charge on any atom is 0.472 e. The number of ether oxygens (including phenoxy) is 4. The maximum absolute atomic E-state index is 13.1. The molecule has 630 valence electrons. The third-order valence-electron chi connectivity index (χ3n) is 20.7. The zero-order valence-electron chi connectivity index (χ0n) is 70.1. The molecule has 3 unspecified atom stereocenters. The number of phosphoric ester groups is 2. The van der Waals surface area contributed by atoms with Gasteiger partial charge in [-0.1, -0.05) is 402 Å². The highest BCUT2D eigenvalue weighted by Gasteiger charge is 2.31. The lowest BCUT2D eigenvalue weighted by Crippen LogP contribution is -2.30. The van der Waals surface area contributed by atoms with Crippen LogP contribution in [0.25, 0.3) is 0 Å². The summed E-state index contributed by atoms with van der Waals surface area (Å²) in [5.74, 6) is 1.04. The third-order valence-corrected chi connectivity index (χ3v) is 22.6. The first kappa shape index (κ1) is 104. The molecule has 0 aromatic heterocycles. The summed E-state index contributed by atoms with van der Waals surface area (Å²) in [7, 11) is -9.93. The van der Waals surface area contributed by atoms with E-state index in [0.29, 0.717) is 31.6 Å². The van der Waals surface area contributed by atoms with Crippen molar-refractivity contribution in [3.63, 3.8) is 0 Å². The molecular weight excluding hydrogens is 1380 g/mol. The summed E-state index contributed by atoms with van der Waals surface area (Å²) in [6.07, 6.45) is 65.5. The lowest BCUT2D eigenvalue weighted by molar-refractivity contribution is -0.161. The van der Waals surface area contributed by atoms with Gasteiger partial charge < -0.3 is 33.8 Å². The largest absolute Gasteiger partial charge is 0.472 e. The van der Waals surface area contributed by atoms with Gasteiger partial charge in [0.2, 0.25) is 0 Å². The first-order chi connectivity index (χ1) is 51.1. The molecule has 0 spiro atoms. The van der Waals surface area contributed by atoms with Crippen LogP contribution in [-0.2, 0) is 65.4 Å². The van der Waals surface area contributed by atoms with Crippen LogP contribution in [-0.4, -0.2) is 96.7 Å². The van der Waals surface area contributed by atoms with Crippen LogP contribution in [0.4, 0.5) is 0 Å². The molecule has 0 saturated carbocycles. The predicted octanol–water partition coefficient (Wildman–Crippen LogP) is 26.3. The second-order valence-electron chi connectivity index (χ2n) is 33.0. The molecule has 0 rings (SSSR count). The van der Waals surface area contributed by atoms with Crippen molar-refractivity contribution >= 4 is 39.5 Å². The second-order valence-corrected chi connectivity index (χ2v) is 35.9. The molecule has 0 heterocycles. The van der Waals surface area contributed by atoms with Crippen LogP contribution in [0.15, 0.2) is 0 Å². The summed E-state index contributed by atoms with van der Waals surface area (Å²) in [6.45, 7) is 14.3. The van der Waals surface area contributed by atoms with Gasteiger partial charge >= 0.3 is 39.5 Å². The van der Waals surface area contributed by atoms with E-state index in [2.05, 4.69) is 55.4 Å². The first-order valence-electron chi connectivity index (χ1n) is 44.7. The number of aliphatic hydroxyl groups excluding tert-OH is 1. The molecule has 0 aromatic carbocycles. The number of phosphoric acid groups is 2. The minimum Gasteiger partial charge on any atom is -0.462 e. The van der Waals surface area contributed by atoms with Crippen molar-refractivity contribution in [2.75, 3.05) is 39.6 Å². The SMILES string of the molecule is CCC(C)CCCCCCCCCCCCCCCCCCCCC(=O)O[C@H](COC(=O)CCCCCCCCC(C)C)COP(=O)(O)OC[C@H](O)COP(=O)(O)OC[C@@H](COC(=O)CCCCCCCCCCCCCCCCCCC(C)C)OC(=O)CCCCCCCCCCCCCCCC(C)C. The molecule has 0 bridgehead atoms. The summed E-state index contributed by atoms with van der Waals surface area (Å²) in [6, 6.07) is 0. The van der Waals surface area contributed by atoms with Gasteiger partial charge in [0.15, 0.2) is 12.2 Å². The topological polar surface area (TPSA) is 237 Å². The van der Waals surface area contributed by atoms with Crippen LogP contribution >= 0.6 is 15.6 Å². The molecule has 0 amide bonds. The van der Waals surface area contributed by atoms with Crippen molar-refractivity contribution in [1.29, 1.82) is 0 Å². The van der Waals surface area contributed by atoms with Crippen LogP contribution in [0.5, 0.6) is 0 Å². The summed E-state index contributed by atoms with van der Waals surface area (Å²) in [5, 5.41) is 10.7. The van der Waals surface area contributed by atoms with E-state index in [4.69, 9.17) is 37.0 Å². The quantitative estimate of drug-likeness (QED) is 0.0222. The number of carbonyl (C=O) groups is 4. The molecule has 0 aliphatic rings. The van der Waals surface area contributed by atoms with E-state index < -0.39 is 97.5 Å². The zero-order valence-corrected chi connectivity index (χ0v) is 71.9. The van der Waals surface area contributed by atoms with E-state index >= 15 is 0 Å². The van der Waals surface area contributed by atoms with Gasteiger partial charge in [0, 0.05) is 25.7 Å². The van der Waals surface area contributed by atoms with E-state index in [1.807, 2.05) is 0 Å². The Morgan fingerprint density at radius 1 is 0.264 bits per heavy atom. The molecule has 6 atom stereocenters. The number of unbranched alkanes of at least 4 members (excludes halogenated alkanes) is 49. The van der Waals surface area contributed by atoms with Crippen LogP contribution in [0.1, 0.15) is 453 Å². The predicted molar refractivity (Wildman–Crippen MR) is 437 cm³/mol. The van der Waals surface area contributed by atoms with Gasteiger partial charge in [0.1, 0.15) is 19.3 Å². The standard InChI is InChI=1S/C87H170O17P2/c1-9-80(8)66-58-50-41-35-29-23-17-12-10-11-13-19-25-31-37-43-53-61-69-87(92)104-83(74-98-85(90)68-60-52-46-45-49-57-65-79(6)7)76-102-106(95,96)100-72-81(88)71-99-105(93,94)101-75-82(103-86(91)70-62-54-44-38-32-26-20-22-28-34-40-48-56-64-78(4)5)73-97-84(89)67-59-51-42-36-30-24-18-15-14-16-21-27-33-39-47-55-63-77(2)3/h77-83,88H,9-76H2,1-8H3,(H,93,94)(H,95,96)/t80?,81-,82-,83-/m1/s1. The Labute approximate surface area is 651 Å². The van der Waals surface area contributed by atoms with Crippen molar-refractivity contribution in [1.82, 2.24) is 0 Å². The van der Waals surface area contributed by atoms with E-state index in [1.165, 1.54) is 250 Å². The lowest BCUT2D eigenvalue weighted by atomic mass is 9.99. The zero-order chi connectivity index (χ0) is 78.1. The van der Waals surface area contributed by atoms with Gasteiger partial charge in [-0.3, -0.25) is 37.3 Å². The Hall–Kier alpha value is -1.94. The minimum atomic E-state index is -4.97. The number of rotatable bonds is 84. The fraction of sp³-hybridized carbons (Fsp3) is 0.954. The highest BCUT2D eigenvalue weighted by Crippen LogP contribution is 2.45. The fourth-order valence-electron chi connectivity index (χ4n) is 13.5. The summed E-state index contributed by atoms with van der Waals surface area (Å²) < 4.78 is 68.9. The van der Waals surface area contributed by atoms with Crippen molar-refractivity contribution < 1.29 is 80.2 Å². The fourth-order valence-corrected chi connectivity index (χ4v) is 15.0.